The molecule has 4 nitrogen and oxygen atoms in total. The fourth-order valence-electron chi connectivity index (χ4n) is 1.32. The number of thiazole rings is 1. The number of halogens is 2. The lowest BCUT2D eigenvalue weighted by Crippen LogP contribution is -1.98. The van der Waals surface area contributed by atoms with Crippen molar-refractivity contribution in [1.82, 2.24) is 9.97 Å². The van der Waals surface area contributed by atoms with Crippen LogP contribution in [0.3, 0.4) is 0 Å². The van der Waals surface area contributed by atoms with Crippen LogP contribution in [0.1, 0.15) is 15.4 Å². The van der Waals surface area contributed by atoms with E-state index in [1.165, 1.54) is 11.3 Å². The molecule has 2 aromatic heterocycles. The van der Waals surface area contributed by atoms with Gasteiger partial charge in [-0.3, -0.25) is 4.79 Å². The SMILES string of the molecule is Br.Cc1nc(Nc2ccccn2)sc1C(=O)CBr. The Morgan fingerprint density at radius 2 is 2.28 bits per heavy atom. The van der Waals surface area contributed by atoms with E-state index in [-0.39, 0.29) is 22.8 Å². The van der Waals surface area contributed by atoms with Crippen molar-refractivity contribution in [2.24, 2.45) is 0 Å². The predicted molar refractivity (Wildman–Crippen MR) is 82.8 cm³/mol. The third-order valence-corrected chi connectivity index (χ3v) is 3.69. The van der Waals surface area contributed by atoms with Gasteiger partial charge in [-0.25, -0.2) is 9.97 Å². The maximum Gasteiger partial charge on any atom is 0.189 e. The van der Waals surface area contributed by atoms with Crippen LogP contribution in [-0.4, -0.2) is 21.1 Å². The lowest BCUT2D eigenvalue weighted by molar-refractivity contribution is 0.102. The predicted octanol–water partition coefficient (Wildman–Crippen LogP) is 3.75. The van der Waals surface area contributed by atoms with Crippen molar-refractivity contribution in [1.29, 1.82) is 0 Å². The zero-order valence-corrected chi connectivity index (χ0v) is 13.6. The van der Waals surface area contributed by atoms with E-state index in [1.807, 2.05) is 25.1 Å². The second kappa shape index (κ2) is 6.96. The Morgan fingerprint density at radius 3 is 2.89 bits per heavy atom. The van der Waals surface area contributed by atoms with Crippen LogP contribution in [-0.2, 0) is 0 Å². The van der Waals surface area contributed by atoms with Gasteiger partial charge in [0.05, 0.1) is 15.9 Å². The van der Waals surface area contributed by atoms with Gasteiger partial charge in [0.15, 0.2) is 10.9 Å². The normalized spacial score (nSPS) is 9.67. The molecule has 0 saturated heterocycles. The molecule has 0 spiro atoms. The van der Waals surface area contributed by atoms with Gasteiger partial charge in [0.1, 0.15) is 5.82 Å². The smallest absolute Gasteiger partial charge is 0.189 e. The van der Waals surface area contributed by atoms with E-state index in [1.54, 1.807) is 6.20 Å². The van der Waals surface area contributed by atoms with Crippen LogP contribution in [0.5, 0.6) is 0 Å². The second-order valence-corrected chi connectivity index (χ2v) is 4.89. The van der Waals surface area contributed by atoms with Gasteiger partial charge in [-0.15, -0.1) is 17.0 Å². The number of rotatable bonds is 4. The number of ketones is 1. The van der Waals surface area contributed by atoms with E-state index < -0.39 is 0 Å². The number of aromatic nitrogens is 2. The first-order valence-corrected chi connectivity index (χ1v) is 6.89. The molecule has 0 saturated carbocycles. The highest BCUT2D eigenvalue weighted by molar-refractivity contribution is 9.09. The summed E-state index contributed by atoms with van der Waals surface area (Å²) < 4.78 is 0. The number of hydrogen-bond donors (Lipinski definition) is 1. The van der Waals surface area contributed by atoms with Gasteiger partial charge in [-0.05, 0) is 19.1 Å². The first-order chi connectivity index (χ1) is 8.20. The number of pyridine rings is 1. The Labute approximate surface area is 128 Å². The average molecular weight is 393 g/mol. The molecule has 0 unspecified atom stereocenters. The van der Waals surface area contributed by atoms with E-state index in [9.17, 15) is 4.79 Å². The number of alkyl halides is 1. The van der Waals surface area contributed by atoms with E-state index in [0.717, 1.165) is 11.5 Å². The van der Waals surface area contributed by atoms with Crippen LogP contribution in [0, 0.1) is 6.92 Å². The van der Waals surface area contributed by atoms with Crippen LogP contribution >= 0.6 is 44.2 Å². The molecule has 0 amide bonds. The maximum atomic E-state index is 11.6. The summed E-state index contributed by atoms with van der Waals surface area (Å²) in [5.74, 6) is 0.771. The summed E-state index contributed by atoms with van der Waals surface area (Å²) in [4.78, 5) is 20.7. The van der Waals surface area contributed by atoms with Gasteiger partial charge in [0.25, 0.3) is 0 Å². The summed E-state index contributed by atoms with van der Waals surface area (Å²) in [6.07, 6.45) is 1.70. The van der Waals surface area contributed by atoms with Crippen molar-refractivity contribution in [2.45, 2.75) is 6.92 Å². The summed E-state index contributed by atoms with van der Waals surface area (Å²) in [5, 5.41) is 4.08. The molecule has 0 radical (unpaired) electrons. The first kappa shape index (κ1) is 15.3. The Morgan fingerprint density at radius 1 is 1.50 bits per heavy atom. The Bertz CT molecular complexity index is 530. The standard InChI is InChI=1S/C11H10BrN3OS.BrH/c1-7-10(8(16)6-12)17-11(14-7)15-9-4-2-3-5-13-9;/h2-5H,6H2,1H3,(H,13,14,15);1H. The fourth-order valence-corrected chi connectivity index (χ4v) is 2.69. The average Bonchev–Trinajstić information content (AvgIpc) is 2.70. The molecule has 0 atom stereocenters. The zero-order chi connectivity index (χ0) is 12.3. The lowest BCUT2D eigenvalue weighted by Gasteiger charge is -1.98. The van der Waals surface area contributed by atoms with Gasteiger partial charge >= 0.3 is 0 Å². The van der Waals surface area contributed by atoms with Crippen molar-refractivity contribution in [2.75, 3.05) is 10.6 Å². The third kappa shape index (κ3) is 3.60. The summed E-state index contributed by atoms with van der Waals surface area (Å²) in [6, 6.07) is 5.58. The number of hydrogen-bond acceptors (Lipinski definition) is 5. The van der Waals surface area contributed by atoms with Gasteiger partial charge in [-0.1, -0.05) is 33.3 Å². The van der Waals surface area contributed by atoms with Crippen LogP contribution in [0.2, 0.25) is 0 Å². The van der Waals surface area contributed by atoms with E-state index in [0.29, 0.717) is 15.3 Å². The monoisotopic (exact) mass is 391 g/mol. The number of carbonyl (C=O) groups is 1. The summed E-state index contributed by atoms with van der Waals surface area (Å²) in [7, 11) is 0. The Balaban J connectivity index is 0.00000162. The Kier molecular flexibility index (Phi) is 5.90. The molecule has 18 heavy (non-hydrogen) atoms. The fraction of sp³-hybridized carbons (Fsp3) is 0.182. The number of nitrogens with one attached hydrogen (secondary N) is 1. The molecule has 0 fully saturated rings. The number of aryl methyl sites for hydroxylation is 1. The minimum atomic E-state index is 0. The topological polar surface area (TPSA) is 54.9 Å². The Hall–Kier alpha value is -0.790. The van der Waals surface area contributed by atoms with E-state index in [4.69, 9.17) is 0 Å². The quantitative estimate of drug-likeness (QED) is 0.635. The van der Waals surface area contributed by atoms with Crippen LogP contribution < -0.4 is 5.32 Å². The van der Waals surface area contributed by atoms with Crippen molar-refractivity contribution >= 4 is 61.0 Å². The highest BCUT2D eigenvalue weighted by atomic mass is 79.9. The van der Waals surface area contributed by atoms with Crippen molar-refractivity contribution in [3.8, 4) is 0 Å². The largest absolute Gasteiger partial charge is 0.316 e. The molecule has 96 valence electrons. The first-order valence-electron chi connectivity index (χ1n) is 4.95. The molecular weight excluding hydrogens is 382 g/mol. The molecule has 1 N–H and O–H groups in total. The molecule has 2 heterocycles. The molecule has 0 aliphatic heterocycles. The molecule has 2 aromatic rings. The molecule has 7 heteroatoms. The molecule has 2 rings (SSSR count). The van der Waals surface area contributed by atoms with Crippen LogP contribution in [0.25, 0.3) is 0 Å². The summed E-state index contributed by atoms with van der Waals surface area (Å²) in [6.45, 7) is 1.83. The van der Waals surface area contributed by atoms with Crippen molar-refractivity contribution in [3.63, 3.8) is 0 Å². The molecular formula is C11H11Br2N3OS. The second-order valence-electron chi connectivity index (χ2n) is 3.33. The van der Waals surface area contributed by atoms with E-state index in [2.05, 4.69) is 31.2 Å². The summed E-state index contributed by atoms with van der Waals surface area (Å²) in [5.41, 5.74) is 0.748. The van der Waals surface area contributed by atoms with Gasteiger partial charge < -0.3 is 5.32 Å². The highest BCUT2D eigenvalue weighted by Crippen LogP contribution is 2.25. The summed E-state index contributed by atoms with van der Waals surface area (Å²) >= 11 is 4.50. The number of carbonyl (C=O) groups excluding carboxylic acids is 1. The zero-order valence-electron chi connectivity index (χ0n) is 9.51. The molecule has 0 aromatic carbocycles. The van der Waals surface area contributed by atoms with Crippen molar-refractivity contribution < 1.29 is 4.79 Å². The number of anilines is 2. The minimum absolute atomic E-state index is 0. The number of Topliss-reactive ketones (excluding diaryl/α,β-unsaturated/α-hetero) is 1. The van der Waals surface area contributed by atoms with Gasteiger partial charge in [-0.2, -0.15) is 0 Å². The third-order valence-electron chi connectivity index (χ3n) is 2.07. The van der Waals surface area contributed by atoms with Crippen LogP contribution in [0.4, 0.5) is 10.9 Å². The number of nitrogens with zero attached hydrogens (tertiary/aromatic N) is 2. The maximum absolute atomic E-state index is 11.6. The van der Waals surface area contributed by atoms with Crippen LogP contribution in [0.15, 0.2) is 24.4 Å². The minimum Gasteiger partial charge on any atom is -0.316 e. The van der Waals surface area contributed by atoms with Gasteiger partial charge in [0, 0.05) is 6.20 Å². The highest BCUT2D eigenvalue weighted by Gasteiger charge is 2.14. The van der Waals surface area contributed by atoms with Gasteiger partial charge in [0.2, 0.25) is 0 Å². The molecule has 0 bridgehead atoms. The molecule has 0 aliphatic carbocycles. The lowest BCUT2D eigenvalue weighted by atomic mass is 10.3. The molecule has 0 aliphatic rings. The van der Waals surface area contributed by atoms with Crippen molar-refractivity contribution in [3.05, 3.63) is 35.0 Å². The van der Waals surface area contributed by atoms with E-state index >= 15 is 0 Å².